The van der Waals surface area contributed by atoms with E-state index in [1.165, 1.54) is 11.1 Å². The zero-order chi connectivity index (χ0) is 14.0. The van der Waals surface area contributed by atoms with Crippen molar-refractivity contribution >= 4 is 17.3 Å². The summed E-state index contributed by atoms with van der Waals surface area (Å²) in [7, 11) is 1.61. The molecule has 1 aromatic carbocycles. The predicted molar refractivity (Wildman–Crippen MR) is 74.2 cm³/mol. The van der Waals surface area contributed by atoms with E-state index in [1.54, 1.807) is 44.4 Å². The molecule has 3 N–H and O–H groups in total. The van der Waals surface area contributed by atoms with E-state index < -0.39 is 0 Å². The summed E-state index contributed by atoms with van der Waals surface area (Å²) < 4.78 is 0. The van der Waals surface area contributed by atoms with Gasteiger partial charge >= 0.3 is 0 Å². The Bertz CT molecular complexity index is 626. The number of nitrogens with zero attached hydrogens (tertiary/aromatic N) is 2. The zero-order valence-corrected chi connectivity index (χ0v) is 10.8. The Morgan fingerprint density at radius 1 is 1.37 bits per heavy atom. The number of hydrogen-bond donors (Lipinski definition) is 2. The van der Waals surface area contributed by atoms with E-state index in [1.807, 2.05) is 0 Å². The van der Waals surface area contributed by atoms with Crippen LogP contribution in [0.15, 0.2) is 36.7 Å². The molecular weight excluding hydrogens is 242 g/mol. The van der Waals surface area contributed by atoms with Crippen molar-refractivity contribution in [3.8, 4) is 5.75 Å². The molecule has 0 aliphatic rings. The summed E-state index contributed by atoms with van der Waals surface area (Å²) in [4.78, 5) is 17.6. The fourth-order valence-electron chi connectivity index (χ4n) is 1.83. The minimum absolute atomic E-state index is 0.00743. The molecule has 0 aliphatic carbocycles. The monoisotopic (exact) mass is 257 g/mol. The standard InChI is InChI=1S/C14H15N3O2/c1-9-4-3-5-10(13(9)18)14(19)17(2)12-6-7-16-8-11(12)15/h3-8,18H,15H2,1-2H3. The van der Waals surface area contributed by atoms with Gasteiger partial charge in [-0.1, -0.05) is 12.1 Å². The smallest absolute Gasteiger partial charge is 0.261 e. The topological polar surface area (TPSA) is 79.5 Å². The van der Waals surface area contributed by atoms with E-state index in [9.17, 15) is 9.90 Å². The highest BCUT2D eigenvalue weighted by Crippen LogP contribution is 2.26. The summed E-state index contributed by atoms with van der Waals surface area (Å²) in [5, 5.41) is 9.94. The number of rotatable bonds is 2. The molecule has 0 saturated carbocycles. The van der Waals surface area contributed by atoms with Crippen molar-refractivity contribution in [3.63, 3.8) is 0 Å². The Morgan fingerprint density at radius 2 is 2.11 bits per heavy atom. The number of anilines is 2. The van der Waals surface area contributed by atoms with Gasteiger partial charge in [0.2, 0.25) is 0 Å². The maximum absolute atomic E-state index is 12.4. The van der Waals surface area contributed by atoms with Crippen LogP contribution in [-0.4, -0.2) is 23.0 Å². The summed E-state index contributed by atoms with van der Waals surface area (Å²) >= 11 is 0. The molecule has 1 heterocycles. The highest BCUT2D eigenvalue weighted by atomic mass is 16.3. The Balaban J connectivity index is 2.40. The summed E-state index contributed by atoms with van der Waals surface area (Å²) in [6.07, 6.45) is 3.04. The number of amides is 1. The van der Waals surface area contributed by atoms with E-state index in [-0.39, 0.29) is 17.2 Å². The van der Waals surface area contributed by atoms with Crippen LogP contribution >= 0.6 is 0 Å². The van der Waals surface area contributed by atoms with Crippen LogP contribution in [0, 0.1) is 6.92 Å². The number of benzene rings is 1. The number of nitrogens with two attached hydrogens (primary N) is 1. The number of aromatic nitrogens is 1. The second kappa shape index (κ2) is 4.97. The molecule has 0 radical (unpaired) electrons. The third kappa shape index (κ3) is 2.35. The molecule has 2 aromatic rings. The lowest BCUT2D eigenvalue weighted by atomic mass is 10.1. The molecule has 98 valence electrons. The number of para-hydroxylation sites is 1. The SMILES string of the molecule is Cc1cccc(C(=O)N(C)c2ccncc2N)c1O. The van der Waals surface area contributed by atoms with Gasteiger partial charge in [0.15, 0.2) is 0 Å². The summed E-state index contributed by atoms with van der Waals surface area (Å²) in [6.45, 7) is 1.74. The van der Waals surface area contributed by atoms with Gasteiger partial charge in [-0.2, -0.15) is 0 Å². The molecule has 5 nitrogen and oxygen atoms in total. The van der Waals surface area contributed by atoms with Crippen molar-refractivity contribution in [2.24, 2.45) is 0 Å². The molecule has 0 fully saturated rings. The Kier molecular flexibility index (Phi) is 3.37. The Hall–Kier alpha value is -2.56. The molecule has 5 heteroatoms. The molecule has 1 aromatic heterocycles. The lowest BCUT2D eigenvalue weighted by Gasteiger charge is -2.19. The Labute approximate surface area is 111 Å². The van der Waals surface area contributed by atoms with Gasteiger partial charge in [-0.25, -0.2) is 0 Å². The van der Waals surface area contributed by atoms with Crippen molar-refractivity contribution in [3.05, 3.63) is 47.8 Å². The first-order chi connectivity index (χ1) is 9.02. The fraction of sp³-hybridized carbons (Fsp3) is 0.143. The molecule has 0 bridgehead atoms. The molecule has 19 heavy (non-hydrogen) atoms. The van der Waals surface area contributed by atoms with Gasteiger partial charge in [-0.3, -0.25) is 9.78 Å². The van der Waals surface area contributed by atoms with Crippen molar-refractivity contribution in [1.82, 2.24) is 4.98 Å². The number of pyridine rings is 1. The van der Waals surface area contributed by atoms with E-state index in [0.29, 0.717) is 16.9 Å². The quantitative estimate of drug-likeness (QED) is 0.861. The van der Waals surface area contributed by atoms with Gasteiger partial charge in [0, 0.05) is 13.2 Å². The van der Waals surface area contributed by atoms with Gasteiger partial charge in [-0.05, 0) is 24.6 Å². The lowest BCUT2D eigenvalue weighted by Crippen LogP contribution is -2.27. The van der Waals surface area contributed by atoms with Gasteiger partial charge in [-0.15, -0.1) is 0 Å². The average molecular weight is 257 g/mol. The number of aromatic hydroxyl groups is 1. The summed E-state index contributed by atoms with van der Waals surface area (Å²) in [5.41, 5.74) is 7.65. The number of nitrogen functional groups attached to an aromatic ring is 1. The fourth-order valence-corrected chi connectivity index (χ4v) is 1.83. The highest BCUT2D eigenvalue weighted by Gasteiger charge is 2.19. The molecule has 2 rings (SSSR count). The van der Waals surface area contributed by atoms with Crippen LogP contribution in [0.25, 0.3) is 0 Å². The van der Waals surface area contributed by atoms with E-state index in [4.69, 9.17) is 5.73 Å². The molecule has 0 aliphatic heterocycles. The molecule has 0 unspecified atom stereocenters. The maximum atomic E-state index is 12.4. The summed E-state index contributed by atoms with van der Waals surface area (Å²) in [5.74, 6) is -0.328. The van der Waals surface area contributed by atoms with Gasteiger partial charge in [0.1, 0.15) is 5.75 Å². The van der Waals surface area contributed by atoms with Crippen LogP contribution in [0.2, 0.25) is 0 Å². The average Bonchev–Trinajstić information content (AvgIpc) is 2.41. The van der Waals surface area contributed by atoms with Gasteiger partial charge < -0.3 is 15.7 Å². The number of phenolic OH excluding ortho intramolecular Hbond substituents is 1. The third-order valence-corrected chi connectivity index (χ3v) is 2.96. The molecule has 0 spiro atoms. The summed E-state index contributed by atoms with van der Waals surface area (Å²) in [6, 6.07) is 6.71. The van der Waals surface area contributed by atoms with Crippen molar-refractivity contribution in [2.45, 2.75) is 6.92 Å². The molecule has 1 amide bonds. The normalized spacial score (nSPS) is 10.2. The van der Waals surface area contributed by atoms with E-state index in [2.05, 4.69) is 4.98 Å². The molecule has 0 saturated heterocycles. The number of carbonyl (C=O) groups is 1. The van der Waals surface area contributed by atoms with Crippen molar-refractivity contribution in [2.75, 3.05) is 17.7 Å². The first-order valence-corrected chi connectivity index (χ1v) is 5.78. The van der Waals surface area contributed by atoms with Crippen LogP contribution in [0.1, 0.15) is 15.9 Å². The van der Waals surface area contributed by atoms with Crippen molar-refractivity contribution < 1.29 is 9.90 Å². The second-order valence-electron chi connectivity index (χ2n) is 4.27. The van der Waals surface area contributed by atoms with Crippen molar-refractivity contribution in [1.29, 1.82) is 0 Å². The minimum atomic E-state index is -0.320. The number of aryl methyl sites for hydroxylation is 1. The number of hydrogen-bond acceptors (Lipinski definition) is 4. The maximum Gasteiger partial charge on any atom is 0.261 e. The number of phenols is 1. The molecular formula is C14H15N3O2. The van der Waals surface area contributed by atoms with Gasteiger partial charge in [0.25, 0.3) is 5.91 Å². The first-order valence-electron chi connectivity index (χ1n) is 5.78. The predicted octanol–water partition coefficient (Wildman–Crippen LogP) is 1.95. The largest absolute Gasteiger partial charge is 0.507 e. The zero-order valence-electron chi connectivity index (χ0n) is 10.8. The Morgan fingerprint density at radius 3 is 2.79 bits per heavy atom. The molecule has 0 atom stereocenters. The van der Waals surface area contributed by atoms with E-state index >= 15 is 0 Å². The highest BCUT2D eigenvalue weighted by molar-refractivity contribution is 6.08. The van der Waals surface area contributed by atoms with Gasteiger partial charge in [0.05, 0.1) is 23.1 Å². The van der Waals surface area contributed by atoms with Crippen LogP contribution in [0.4, 0.5) is 11.4 Å². The number of carbonyl (C=O) groups excluding carboxylic acids is 1. The third-order valence-electron chi connectivity index (χ3n) is 2.96. The van der Waals surface area contributed by atoms with Crippen LogP contribution < -0.4 is 10.6 Å². The van der Waals surface area contributed by atoms with Crippen LogP contribution in [0.3, 0.4) is 0 Å². The van der Waals surface area contributed by atoms with E-state index in [0.717, 1.165) is 0 Å². The second-order valence-corrected chi connectivity index (χ2v) is 4.27. The van der Waals surface area contributed by atoms with Crippen LogP contribution in [0.5, 0.6) is 5.75 Å². The first kappa shape index (κ1) is 12.9. The minimum Gasteiger partial charge on any atom is -0.507 e. The van der Waals surface area contributed by atoms with Crippen LogP contribution in [-0.2, 0) is 0 Å². The lowest BCUT2D eigenvalue weighted by molar-refractivity contribution is 0.0990.